The van der Waals surface area contributed by atoms with E-state index in [1.54, 1.807) is 24.9 Å². The summed E-state index contributed by atoms with van der Waals surface area (Å²) in [5.41, 5.74) is 1.61. The van der Waals surface area contributed by atoms with E-state index in [1.807, 2.05) is 4.57 Å². The van der Waals surface area contributed by atoms with Crippen LogP contribution < -0.4 is 9.64 Å². The van der Waals surface area contributed by atoms with Gasteiger partial charge in [0.2, 0.25) is 15.7 Å². The van der Waals surface area contributed by atoms with Crippen LogP contribution in [0.3, 0.4) is 0 Å². The van der Waals surface area contributed by atoms with Gasteiger partial charge in [-0.25, -0.2) is 41.2 Å². The third kappa shape index (κ3) is 6.08. The molecule has 0 unspecified atom stereocenters. The van der Waals surface area contributed by atoms with Crippen LogP contribution in [0.15, 0.2) is 53.9 Å². The summed E-state index contributed by atoms with van der Waals surface area (Å²) in [6.45, 7) is 2.18. The SMILES string of the molecule is CO[C@@H]1CN(C)C(=O)[C@@H]2C[C@@H](CN2c2nc(S(C)(=O)=O)nc3c2cnn3-c2ccc(F)cc2F)Oc2nccc(n2)-c2cc(F)cc3nc(C)n(c23)C1. The molecule has 19 heteroatoms. The number of aryl methyl sites for hydroxylation is 1. The fourth-order valence-corrected chi connectivity index (χ4v) is 7.47. The number of halogens is 3. The molecule has 15 nitrogen and oxygen atoms in total. The van der Waals surface area contributed by atoms with Crippen LogP contribution in [0.5, 0.6) is 6.01 Å². The normalized spacial score (nSPS) is 19.5. The first-order chi connectivity index (χ1) is 25.3. The molecule has 0 N–H and O–H groups in total. The number of imidazole rings is 1. The third-order valence-electron chi connectivity index (χ3n) is 9.43. The summed E-state index contributed by atoms with van der Waals surface area (Å²) in [4.78, 5) is 39.7. The van der Waals surface area contributed by atoms with Crippen LogP contribution in [-0.4, -0.2) is 110 Å². The van der Waals surface area contributed by atoms with Gasteiger partial charge in [-0.3, -0.25) is 4.79 Å². The highest BCUT2D eigenvalue weighted by molar-refractivity contribution is 7.90. The molecule has 8 rings (SSSR count). The molecule has 6 heterocycles. The minimum atomic E-state index is -4.06. The second-order valence-electron chi connectivity index (χ2n) is 13.0. The number of methoxy groups -OCH3 is 1. The summed E-state index contributed by atoms with van der Waals surface area (Å²) >= 11 is 0. The molecule has 2 aliphatic rings. The Morgan fingerprint density at radius 2 is 1.79 bits per heavy atom. The van der Waals surface area contributed by atoms with Gasteiger partial charge >= 0.3 is 6.01 Å². The molecule has 0 saturated carbocycles. The van der Waals surface area contributed by atoms with Gasteiger partial charge in [0.05, 0.1) is 47.5 Å². The van der Waals surface area contributed by atoms with Gasteiger partial charge in [0, 0.05) is 57.3 Å². The van der Waals surface area contributed by atoms with E-state index in [0.29, 0.717) is 34.2 Å². The zero-order valence-electron chi connectivity index (χ0n) is 28.7. The van der Waals surface area contributed by atoms with Crippen molar-refractivity contribution in [3.8, 4) is 23.0 Å². The zero-order chi connectivity index (χ0) is 37.3. The Morgan fingerprint density at radius 3 is 2.55 bits per heavy atom. The van der Waals surface area contributed by atoms with Crippen molar-refractivity contribution in [3.63, 3.8) is 0 Å². The van der Waals surface area contributed by atoms with Crippen LogP contribution in [0.2, 0.25) is 0 Å². The van der Waals surface area contributed by atoms with Crippen molar-refractivity contribution in [1.29, 1.82) is 0 Å². The molecule has 6 aromatic rings. The predicted octanol–water partition coefficient (Wildman–Crippen LogP) is 3.26. The first-order valence-electron chi connectivity index (χ1n) is 16.4. The average Bonchev–Trinajstić information content (AvgIpc) is 3.81. The summed E-state index contributed by atoms with van der Waals surface area (Å²) < 4.78 is 84.7. The summed E-state index contributed by atoms with van der Waals surface area (Å²) in [5, 5.41) is 3.87. The second kappa shape index (κ2) is 12.8. The van der Waals surface area contributed by atoms with Gasteiger partial charge in [0.25, 0.3) is 5.16 Å². The van der Waals surface area contributed by atoms with Crippen LogP contribution in [-0.2, 0) is 25.9 Å². The number of hydrogen-bond acceptors (Lipinski definition) is 12. The molecule has 3 atom stereocenters. The van der Waals surface area contributed by atoms with Crippen LogP contribution >= 0.6 is 0 Å². The van der Waals surface area contributed by atoms with Crippen molar-refractivity contribution in [3.05, 3.63) is 72.1 Å². The minimum Gasteiger partial charge on any atom is -0.458 e. The van der Waals surface area contributed by atoms with E-state index in [0.717, 1.165) is 23.1 Å². The maximum Gasteiger partial charge on any atom is 0.317 e. The summed E-state index contributed by atoms with van der Waals surface area (Å²) in [5.74, 6) is -2.01. The molecule has 4 aromatic heterocycles. The molecule has 1 fully saturated rings. The molecular formula is C34H31F3N10O5S. The Kier molecular flexibility index (Phi) is 8.28. The number of anilines is 1. The highest BCUT2D eigenvalue weighted by atomic mass is 32.2. The first kappa shape index (κ1) is 34.4. The average molecular weight is 749 g/mol. The van der Waals surface area contributed by atoms with Crippen molar-refractivity contribution in [2.75, 3.05) is 38.4 Å². The Balaban J connectivity index is 1.27. The highest BCUT2D eigenvalue weighted by Gasteiger charge is 2.42. The van der Waals surface area contributed by atoms with Crippen molar-refractivity contribution in [1.82, 2.24) is 44.2 Å². The van der Waals surface area contributed by atoms with Gasteiger partial charge in [-0.1, -0.05) is 0 Å². The molecule has 0 aliphatic carbocycles. The molecule has 4 bridgehead atoms. The molecule has 53 heavy (non-hydrogen) atoms. The van der Waals surface area contributed by atoms with E-state index in [9.17, 15) is 26.4 Å². The van der Waals surface area contributed by atoms with Gasteiger partial charge in [0.1, 0.15) is 41.1 Å². The van der Waals surface area contributed by atoms with Crippen molar-refractivity contribution in [2.24, 2.45) is 0 Å². The van der Waals surface area contributed by atoms with Crippen molar-refractivity contribution in [2.45, 2.75) is 43.3 Å². The lowest BCUT2D eigenvalue weighted by molar-refractivity contribution is -0.133. The molecule has 1 amide bonds. The van der Waals surface area contributed by atoms with Crippen molar-refractivity contribution >= 4 is 43.6 Å². The maximum absolute atomic E-state index is 15.0. The standard InChI is InChI=1S/C34H31F3N10O5S/c1-17-40-26-11-19(36)9-22-25-7-8-38-33(41-25)52-20-12-28(32(48)44(2)14-21(51-3)16-45(17)29(22)26)46(15-20)30-23-13-39-47(27-6-5-18(35)10-24(27)37)31(23)43-34(42-30)53(4,49)50/h5-11,13,20-21,28H,12,14-16H2,1-4H3/t20-,21+,28-/m0/s1. The molecule has 274 valence electrons. The molecule has 0 spiro atoms. The number of amides is 1. The van der Waals surface area contributed by atoms with Crippen LogP contribution in [0.1, 0.15) is 12.2 Å². The lowest BCUT2D eigenvalue weighted by Crippen LogP contribution is -2.47. The number of sulfone groups is 1. The van der Waals surface area contributed by atoms with Crippen LogP contribution in [0, 0.1) is 24.4 Å². The van der Waals surface area contributed by atoms with Crippen LogP contribution in [0.4, 0.5) is 19.0 Å². The highest BCUT2D eigenvalue weighted by Crippen LogP contribution is 2.36. The third-order valence-corrected chi connectivity index (χ3v) is 10.3. The Hall–Kier alpha value is -5.69. The lowest BCUT2D eigenvalue weighted by Gasteiger charge is -2.30. The van der Waals surface area contributed by atoms with Crippen molar-refractivity contribution < 1.29 is 35.9 Å². The van der Waals surface area contributed by atoms with Gasteiger partial charge in [-0.15, -0.1) is 0 Å². The minimum absolute atomic E-state index is 0.00706. The number of nitrogens with zero attached hydrogens (tertiary/aromatic N) is 10. The second-order valence-corrected chi connectivity index (χ2v) is 14.9. The zero-order valence-corrected chi connectivity index (χ0v) is 29.6. The maximum atomic E-state index is 15.0. The summed E-state index contributed by atoms with van der Waals surface area (Å²) in [7, 11) is -0.913. The van der Waals surface area contributed by atoms with E-state index in [-0.39, 0.29) is 60.5 Å². The van der Waals surface area contributed by atoms with Gasteiger partial charge in [-0.05, 0) is 31.2 Å². The number of rotatable bonds is 4. The lowest BCUT2D eigenvalue weighted by atomic mass is 10.1. The Bertz CT molecular complexity index is 2560. The first-order valence-corrected chi connectivity index (χ1v) is 18.3. The van der Waals surface area contributed by atoms with E-state index in [4.69, 9.17) is 9.47 Å². The van der Waals surface area contributed by atoms with Gasteiger partial charge in [0.15, 0.2) is 11.5 Å². The molecule has 0 radical (unpaired) electrons. The fraction of sp³-hybridized carbons (Fsp3) is 0.324. The quantitative estimate of drug-likeness (QED) is 0.242. The molecule has 2 aliphatic heterocycles. The number of benzene rings is 2. The van der Waals surface area contributed by atoms with E-state index < -0.39 is 50.7 Å². The largest absolute Gasteiger partial charge is 0.458 e. The number of fused-ring (bicyclic) bond motifs is 6. The Labute approximate surface area is 299 Å². The van der Waals surface area contributed by atoms with E-state index in [1.165, 1.54) is 36.5 Å². The molecular weight excluding hydrogens is 717 g/mol. The number of ether oxygens (including phenoxy) is 2. The fourth-order valence-electron chi connectivity index (χ4n) is 6.96. The van der Waals surface area contributed by atoms with Crippen LogP contribution in [0.25, 0.3) is 39.0 Å². The predicted molar refractivity (Wildman–Crippen MR) is 184 cm³/mol. The monoisotopic (exact) mass is 748 g/mol. The number of hydrogen-bond donors (Lipinski definition) is 0. The number of carbonyl (C=O) groups is 1. The summed E-state index contributed by atoms with van der Waals surface area (Å²) in [6, 6.07) is 6.21. The Morgan fingerprint density at radius 1 is 0.981 bits per heavy atom. The van der Waals surface area contributed by atoms with E-state index in [2.05, 4.69) is 30.0 Å². The number of likely N-dealkylation sites (N-methyl/N-ethyl adjacent to an activating group) is 1. The topological polar surface area (TPSA) is 163 Å². The summed E-state index contributed by atoms with van der Waals surface area (Å²) in [6.07, 6.45) is 2.55. The number of carbonyl (C=O) groups excluding carboxylic acids is 1. The van der Waals surface area contributed by atoms with E-state index >= 15 is 0 Å². The van der Waals surface area contributed by atoms with Gasteiger partial charge in [-0.2, -0.15) is 15.1 Å². The number of aromatic nitrogens is 8. The molecule has 1 saturated heterocycles. The molecule has 2 aromatic carbocycles. The van der Waals surface area contributed by atoms with Gasteiger partial charge < -0.3 is 23.8 Å². The smallest absolute Gasteiger partial charge is 0.317 e.